The molecule has 4 rings (SSSR count). The fraction of sp³-hybridized carbons (Fsp3) is 0.611. The van der Waals surface area contributed by atoms with Crippen LogP contribution in [0.5, 0.6) is 5.75 Å². The summed E-state index contributed by atoms with van der Waals surface area (Å²) < 4.78 is 2.08. The Labute approximate surface area is 142 Å². The Morgan fingerprint density at radius 1 is 0.958 bits per heavy atom. The molecule has 1 aromatic carbocycles. The van der Waals surface area contributed by atoms with E-state index in [4.69, 9.17) is 0 Å². The third-order valence-electron chi connectivity index (χ3n) is 5.40. The molecule has 6 heteroatoms. The molecule has 0 spiro atoms. The highest BCUT2D eigenvalue weighted by Gasteiger charge is 2.32. The van der Waals surface area contributed by atoms with Crippen LogP contribution >= 0.6 is 0 Å². The molecule has 6 nitrogen and oxygen atoms in total. The first-order valence-electron chi connectivity index (χ1n) is 9.13. The number of phenols is 1. The van der Waals surface area contributed by atoms with Gasteiger partial charge in [-0.15, -0.1) is 5.10 Å². The van der Waals surface area contributed by atoms with E-state index in [-0.39, 0.29) is 6.04 Å². The number of hydrogen-bond acceptors (Lipinski definition) is 5. The molecule has 1 aliphatic carbocycles. The van der Waals surface area contributed by atoms with E-state index in [0.717, 1.165) is 24.5 Å². The maximum absolute atomic E-state index is 9.63. The van der Waals surface area contributed by atoms with Gasteiger partial charge in [0.2, 0.25) is 0 Å². The van der Waals surface area contributed by atoms with Gasteiger partial charge in [0, 0.05) is 0 Å². The van der Waals surface area contributed by atoms with Gasteiger partial charge in [0.1, 0.15) is 5.75 Å². The number of phenolic OH excluding ortho intramolecular Hbond substituents is 1. The Hall–Kier alpha value is -1.95. The summed E-state index contributed by atoms with van der Waals surface area (Å²) in [5, 5.41) is 22.4. The SMILES string of the molecule is Oc1ccc(C(c2nnnn2C2CCCCC2)N2CCCC2)cc1. The lowest BCUT2D eigenvalue weighted by atomic mass is 9.95. The molecule has 2 aromatic rings. The maximum Gasteiger partial charge on any atom is 0.173 e. The standard InChI is InChI=1S/C18H25N5O/c24-16-10-8-14(9-11-16)17(22-12-4-5-13-22)18-19-20-21-23(18)15-6-2-1-3-7-15/h8-11,15,17,24H,1-7,12-13H2. The van der Waals surface area contributed by atoms with Crippen LogP contribution in [-0.4, -0.2) is 43.3 Å². The molecule has 0 amide bonds. The molecule has 1 saturated carbocycles. The molecule has 0 radical (unpaired) electrons. The van der Waals surface area contributed by atoms with Gasteiger partial charge < -0.3 is 5.11 Å². The van der Waals surface area contributed by atoms with Gasteiger partial charge in [-0.3, -0.25) is 4.90 Å². The highest BCUT2D eigenvalue weighted by atomic mass is 16.3. The molecular formula is C18H25N5O. The molecule has 2 aliphatic rings. The molecular weight excluding hydrogens is 302 g/mol. The largest absolute Gasteiger partial charge is 0.508 e. The van der Waals surface area contributed by atoms with Crippen LogP contribution in [-0.2, 0) is 0 Å². The summed E-state index contributed by atoms with van der Waals surface area (Å²) in [5.41, 5.74) is 1.15. The van der Waals surface area contributed by atoms with Crippen molar-refractivity contribution in [2.75, 3.05) is 13.1 Å². The van der Waals surface area contributed by atoms with Crippen molar-refractivity contribution >= 4 is 0 Å². The average molecular weight is 327 g/mol. The van der Waals surface area contributed by atoms with Gasteiger partial charge in [-0.05, 0) is 66.9 Å². The zero-order valence-electron chi connectivity index (χ0n) is 14.0. The van der Waals surface area contributed by atoms with Gasteiger partial charge in [-0.1, -0.05) is 31.4 Å². The Morgan fingerprint density at radius 2 is 1.67 bits per heavy atom. The van der Waals surface area contributed by atoms with Gasteiger partial charge in [0.05, 0.1) is 12.1 Å². The molecule has 1 unspecified atom stereocenters. The van der Waals surface area contributed by atoms with E-state index in [1.165, 1.54) is 44.9 Å². The van der Waals surface area contributed by atoms with Crippen LogP contribution in [0, 0.1) is 0 Å². The Balaban J connectivity index is 1.71. The van der Waals surface area contributed by atoms with E-state index in [1.807, 2.05) is 12.1 Å². The summed E-state index contributed by atoms with van der Waals surface area (Å²) in [6, 6.07) is 8.01. The summed E-state index contributed by atoms with van der Waals surface area (Å²) in [5.74, 6) is 1.25. The predicted octanol–water partition coefficient (Wildman–Crippen LogP) is 3.07. The van der Waals surface area contributed by atoms with Crippen molar-refractivity contribution in [3.63, 3.8) is 0 Å². The Bertz CT molecular complexity index is 656. The number of hydrogen-bond donors (Lipinski definition) is 1. The minimum absolute atomic E-state index is 0.0741. The van der Waals surface area contributed by atoms with E-state index in [0.29, 0.717) is 11.8 Å². The molecule has 1 aliphatic heterocycles. The first-order chi connectivity index (χ1) is 11.8. The van der Waals surface area contributed by atoms with Gasteiger partial charge in [-0.2, -0.15) is 0 Å². The highest BCUT2D eigenvalue weighted by molar-refractivity contribution is 5.31. The lowest BCUT2D eigenvalue weighted by Crippen LogP contribution is -2.30. The molecule has 0 bridgehead atoms. The lowest BCUT2D eigenvalue weighted by Gasteiger charge is -2.29. The molecule has 1 aromatic heterocycles. The monoisotopic (exact) mass is 327 g/mol. The fourth-order valence-electron chi connectivity index (χ4n) is 4.15. The smallest absolute Gasteiger partial charge is 0.173 e. The second-order valence-corrected chi connectivity index (χ2v) is 7.01. The lowest BCUT2D eigenvalue weighted by molar-refractivity contribution is 0.244. The van der Waals surface area contributed by atoms with Crippen LogP contribution in [0.1, 0.15) is 68.4 Å². The van der Waals surface area contributed by atoms with Crippen molar-refractivity contribution in [1.29, 1.82) is 0 Å². The summed E-state index contributed by atoms with van der Waals surface area (Å²) in [6.45, 7) is 2.14. The molecule has 1 N–H and O–H groups in total. The summed E-state index contributed by atoms with van der Waals surface area (Å²) in [7, 11) is 0. The highest BCUT2D eigenvalue weighted by Crippen LogP contribution is 2.35. The van der Waals surface area contributed by atoms with E-state index < -0.39 is 0 Å². The number of nitrogens with zero attached hydrogens (tertiary/aromatic N) is 5. The van der Waals surface area contributed by atoms with Crippen LogP contribution in [0.2, 0.25) is 0 Å². The van der Waals surface area contributed by atoms with Crippen molar-refractivity contribution in [3.05, 3.63) is 35.7 Å². The van der Waals surface area contributed by atoms with Crippen molar-refractivity contribution < 1.29 is 5.11 Å². The van der Waals surface area contributed by atoms with E-state index in [2.05, 4.69) is 25.1 Å². The van der Waals surface area contributed by atoms with Gasteiger partial charge in [-0.25, -0.2) is 4.68 Å². The topological polar surface area (TPSA) is 67.1 Å². The van der Waals surface area contributed by atoms with Crippen LogP contribution in [0.15, 0.2) is 24.3 Å². The summed E-state index contributed by atoms with van der Waals surface area (Å²) in [4.78, 5) is 2.47. The first-order valence-corrected chi connectivity index (χ1v) is 9.13. The second-order valence-electron chi connectivity index (χ2n) is 7.01. The number of rotatable bonds is 4. The zero-order valence-corrected chi connectivity index (χ0v) is 14.0. The summed E-state index contributed by atoms with van der Waals surface area (Å²) in [6.07, 6.45) is 8.62. The Kier molecular flexibility index (Phi) is 4.47. The molecule has 2 fully saturated rings. The van der Waals surface area contributed by atoms with Crippen molar-refractivity contribution in [2.45, 2.75) is 57.0 Å². The second kappa shape index (κ2) is 6.89. The number of benzene rings is 1. The van der Waals surface area contributed by atoms with Crippen LogP contribution in [0.3, 0.4) is 0 Å². The minimum Gasteiger partial charge on any atom is -0.508 e. The van der Waals surface area contributed by atoms with Crippen molar-refractivity contribution in [2.24, 2.45) is 0 Å². The quantitative estimate of drug-likeness (QED) is 0.935. The molecule has 1 atom stereocenters. The van der Waals surface area contributed by atoms with Crippen LogP contribution in [0.4, 0.5) is 0 Å². The fourth-order valence-corrected chi connectivity index (χ4v) is 4.15. The van der Waals surface area contributed by atoms with Gasteiger partial charge in [0.25, 0.3) is 0 Å². The van der Waals surface area contributed by atoms with Gasteiger partial charge in [0.15, 0.2) is 5.82 Å². The number of tetrazole rings is 1. The molecule has 128 valence electrons. The summed E-state index contributed by atoms with van der Waals surface area (Å²) >= 11 is 0. The zero-order chi connectivity index (χ0) is 16.4. The van der Waals surface area contributed by atoms with Crippen molar-refractivity contribution in [1.82, 2.24) is 25.1 Å². The molecule has 1 saturated heterocycles. The van der Waals surface area contributed by atoms with Crippen LogP contribution in [0.25, 0.3) is 0 Å². The van der Waals surface area contributed by atoms with Crippen LogP contribution < -0.4 is 0 Å². The van der Waals surface area contributed by atoms with Crippen molar-refractivity contribution in [3.8, 4) is 5.75 Å². The normalized spacial score (nSPS) is 21.2. The third-order valence-corrected chi connectivity index (χ3v) is 5.40. The van der Waals surface area contributed by atoms with E-state index >= 15 is 0 Å². The predicted molar refractivity (Wildman–Crippen MR) is 90.7 cm³/mol. The number of likely N-dealkylation sites (tertiary alicyclic amines) is 1. The average Bonchev–Trinajstić information content (AvgIpc) is 3.30. The van der Waals surface area contributed by atoms with E-state index in [9.17, 15) is 5.11 Å². The molecule has 24 heavy (non-hydrogen) atoms. The molecule has 2 heterocycles. The Morgan fingerprint density at radius 3 is 2.38 bits per heavy atom. The first kappa shape index (κ1) is 15.6. The maximum atomic E-state index is 9.63. The third kappa shape index (κ3) is 3.02. The number of aromatic nitrogens is 4. The number of aromatic hydroxyl groups is 1. The van der Waals surface area contributed by atoms with E-state index in [1.54, 1.807) is 12.1 Å². The minimum atomic E-state index is 0.0741. The van der Waals surface area contributed by atoms with Gasteiger partial charge >= 0.3 is 0 Å².